The van der Waals surface area contributed by atoms with Gasteiger partial charge in [0, 0.05) is 57.2 Å². The van der Waals surface area contributed by atoms with Gasteiger partial charge in [0.25, 0.3) is 5.91 Å². The highest BCUT2D eigenvalue weighted by molar-refractivity contribution is 7.89. The van der Waals surface area contributed by atoms with Crippen molar-refractivity contribution in [2.45, 2.75) is 18.0 Å². The van der Waals surface area contributed by atoms with E-state index in [1.54, 1.807) is 47.0 Å². The van der Waals surface area contributed by atoms with E-state index in [2.05, 4.69) is 15.2 Å². The Balaban J connectivity index is 1.32. The van der Waals surface area contributed by atoms with Crippen molar-refractivity contribution in [2.24, 2.45) is 0 Å². The van der Waals surface area contributed by atoms with Crippen LogP contribution in [0, 0.1) is 0 Å². The van der Waals surface area contributed by atoms with Crippen molar-refractivity contribution in [3.05, 3.63) is 95.8 Å². The molecule has 1 saturated heterocycles. The number of nitrogens with zero attached hydrogens (tertiary/aromatic N) is 3. The molecule has 1 N–H and O–H groups in total. The molecule has 166 valence electrons. The Hall–Kier alpha value is -3.07. The Morgan fingerprint density at radius 1 is 0.906 bits per heavy atom. The first-order valence-corrected chi connectivity index (χ1v) is 12.0. The maximum absolute atomic E-state index is 12.8. The number of hydrogen-bond donors (Lipinski definition) is 1. The molecule has 32 heavy (non-hydrogen) atoms. The molecule has 0 radical (unpaired) electrons. The summed E-state index contributed by atoms with van der Waals surface area (Å²) in [6.45, 7) is 3.27. The SMILES string of the molecule is O=C(NCc1cccnc1)c1cccc(CN2CCN(S(=O)(=O)c3ccccc3)CC2)c1. The number of piperazine rings is 1. The zero-order valence-corrected chi connectivity index (χ0v) is 18.5. The zero-order chi connectivity index (χ0) is 22.4. The average molecular weight is 451 g/mol. The van der Waals surface area contributed by atoms with Crippen molar-refractivity contribution < 1.29 is 13.2 Å². The number of pyridine rings is 1. The number of sulfonamides is 1. The van der Waals surface area contributed by atoms with Crippen LogP contribution in [0.25, 0.3) is 0 Å². The molecule has 1 fully saturated rings. The van der Waals surface area contributed by atoms with Crippen LogP contribution in [0.15, 0.2) is 84.0 Å². The molecule has 0 saturated carbocycles. The predicted molar refractivity (Wildman–Crippen MR) is 122 cm³/mol. The zero-order valence-electron chi connectivity index (χ0n) is 17.7. The first-order chi connectivity index (χ1) is 15.5. The van der Waals surface area contributed by atoms with Crippen LogP contribution < -0.4 is 5.32 Å². The molecule has 1 amide bonds. The fourth-order valence-corrected chi connectivity index (χ4v) is 5.17. The van der Waals surface area contributed by atoms with Gasteiger partial charge in [-0.25, -0.2) is 8.42 Å². The van der Waals surface area contributed by atoms with E-state index >= 15 is 0 Å². The van der Waals surface area contributed by atoms with Crippen LogP contribution >= 0.6 is 0 Å². The van der Waals surface area contributed by atoms with Gasteiger partial charge in [-0.2, -0.15) is 4.31 Å². The molecular formula is C24H26N4O3S. The minimum atomic E-state index is -3.46. The molecule has 0 aliphatic carbocycles. The van der Waals surface area contributed by atoms with E-state index in [9.17, 15) is 13.2 Å². The number of aromatic nitrogens is 1. The molecule has 2 heterocycles. The van der Waals surface area contributed by atoms with Crippen molar-refractivity contribution in [1.29, 1.82) is 0 Å². The van der Waals surface area contributed by atoms with E-state index in [1.165, 1.54) is 0 Å². The third-order valence-electron chi connectivity index (χ3n) is 5.48. The van der Waals surface area contributed by atoms with Gasteiger partial charge in [0.2, 0.25) is 10.0 Å². The first-order valence-electron chi connectivity index (χ1n) is 10.6. The molecule has 1 aliphatic heterocycles. The second-order valence-electron chi connectivity index (χ2n) is 7.74. The summed E-state index contributed by atoms with van der Waals surface area (Å²) in [5.41, 5.74) is 2.58. The van der Waals surface area contributed by atoms with Crippen molar-refractivity contribution in [1.82, 2.24) is 19.5 Å². The number of rotatable bonds is 7. The summed E-state index contributed by atoms with van der Waals surface area (Å²) in [6, 6.07) is 19.9. The normalized spacial score (nSPS) is 15.4. The maximum atomic E-state index is 12.8. The second-order valence-corrected chi connectivity index (χ2v) is 9.68. The van der Waals surface area contributed by atoms with E-state index < -0.39 is 10.0 Å². The summed E-state index contributed by atoms with van der Waals surface area (Å²) < 4.78 is 27.1. The number of benzene rings is 2. The fourth-order valence-electron chi connectivity index (χ4n) is 3.73. The number of nitrogens with one attached hydrogen (secondary N) is 1. The lowest BCUT2D eigenvalue weighted by Crippen LogP contribution is -2.48. The van der Waals surface area contributed by atoms with Gasteiger partial charge in [0.1, 0.15) is 0 Å². The van der Waals surface area contributed by atoms with E-state index in [-0.39, 0.29) is 5.91 Å². The van der Waals surface area contributed by atoms with Crippen LogP contribution in [0.2, 0.25) is 0 Å². The summed E-state index contributed by atoms with van der Waals surface area (Å²) in [5.74, 6) is -0.130. The van der Waals surface area contributed by atoms with E-state index in [4.69, 9.17) is 0 Å². The lowest BCUT2D eigenvalue weighted by Gasteiger charge is -2.34. The van der Waals surface area contributed by atoms with Crippen molar-refractivity contribution in [3.8, 4) is 0 Å². The van der Waals surface area contributed by atoms with E-state index in [0.717, 1.165) is 11.1 Å². The van der Waals surface area contributed by atoms with Crippen LogP contribution in [0.1, 0.15) is 21.5 Å². The smallest absolute Gasteiger partial charge is 0.251 e. The van der Waals surface area contributed by atoms with Crippen LogP contribution in [0.5, 0.6) is 0 Å². The van der Waals surface area contributed by atoms with Crippen LogP contribution in [0.4, 0.5) is 0 Å². The Labute approximate surface area is 188 Å². The lowest BCUT2D eigenvalue weighted by atomic mass is 10.1. The topological polar surface area (TPSA) is 82.6 Å². The standard InChI is InChI=1S/C24H26N4O3S/c29-24(26-18-21-7-5-11-25-17-21)22-8-4-6-20(16-22)19-27-12-14-28(15-13-27)32(30,31)23-9-2-1-3-10-23/h1-11,16-17H,12-15,18-19H2,(H,26,29). The van der Waals surface area contributed by atoms with Gasteiger partial charge >= 0.3 is 0 Å². The quantitative estimate of drug-likeness (QED) is 0.598. The van der Waals surface area contributed by atoms with Gasteiger partial charge in [0.05, 0.1) is 4.90 Å². The minimum absolute atomic E-state index is 0.130. The number of carbonyl (C=O) groups excluding carboxylic acids is 1. The molecule has 0 bridgehead atoms. The highest BCUT2D eigenvalue weighted by atomic mass is 32.2. The first kappa shape index (κ1) is 22.1. The minimum Gasteiger partial charge on any atom is -0.348 e. The molecule has 8 heteroatoms. The molecule has 4 rings (SSSR count). The average Bonchev–Trinajstić information content (AvgIpc) is 2.84. The molecular weight excluding hydrogens is 424 g/mol. The molecule has 7 nitrogen and oxygen atoms in total. The van der Waals surface area contributed by atoms with Crippen LogP contribution in [-0.4, -0.2) is 54.7 Å². The molecule has 0 unspecified atom stereocenters. The van der Waals surface area contributed by atoms with Crippen LogP contribution in [-0.2, 0) is 23.1 Å². The van der Waals surface area contributed by atoms with Gasteiger partial charge in [-0.05, 0) is 41.5 Å². The molecule has 1 aromatic heterocycles. The summed E-state index contributed by atoms with van der Waals surface area (Å²) in [4.78, 5) is 19.1. The Morgan fingerprint density at radius 3 is 2.38 bits per heavy atom. The summed E-state index contributed by atoms with van der Waals surface area (Å²) in [5, 5.41) is 2.92. The highest BCUT2D eigenvalue weighted by Crippen LogP contribution is 2.18. The maximum Gasteiger partial charge on any atom is 0.251 e. The van der Waals surface area contributed by atoms with E-state index in [1.807, 2.05) is 36.4 Å². The highest BCUT2D eigenvalue weighted by Gasteiger charge is 2.28. The number of carbonyl (C=O) groups is 1. The largest absolute Gasteiger partial charge is 0.348 e. The predicted octanol–water partition coefficient (Wildman–Crippen LogP) is 2.52. The third kappa shape index (κ3) is 5.40. The Morgan fingerprint density at radius 2 is 1.66 bits per heavy atom. The van der Waals surface area contributed by atoms with E-state index in [0.29, 0.717) is 49.7 Å². The Kier molecular flexibility index (Phi) is 6.94. The van der Waals surface area contributed by atoms with Crippen molar-refractivity contribution >= 4 is 15.9 Å². The summed E-state index contributed by atoms with van der Waals surface area (Å²) in [6.07, 6.45) is 3.43. The molecule has 2 aromatic carbocycles. The van der Waals surface area contributed by atoms with Gasteiger partial charge in [-0.1, -0.05) is 36.4 Å². The molecule has 0 atom stereocenters. The van der Waals surface area contributed by atoms with Crippen molar-refractivity contribution in [3.63, 3.8) is 0 Å². The fraction of sp³-hybridized carbons (Fsp3) is 0.250. The summed E-state index contributed by atoms with van der Waals surface area (Å²) >= 11 is 0. The van der Waals surface area contributed by atoms with Gasteiger partial charge in [-0.15, -0.1) is 0 Å². The van der Waals surface area contributed by atoms with Gasteiger partial charge in [-0.3, -0.25) is 14.7 Å². The molecule has 3 aromatic rings. The van der Waals surface area contributed by atoms with Crippen molar-refractivity contribution in [2.75, 3.05) is 26.2 Å². The lowest BCUT2D eigenvalue weighted by molar-refractivity contribution is 0.0950. The summed E-state index contributed by atoms with van der Waals surface area (Å²) in [7, 11) is -3.46. The molecule has 0 spiro atoms. The monoisotopic (exact) mass is 450 g/mol. The van der Waals surface area contributed by atoms with Crippen LogP contribution in [0.3, 0.4) is 0 Å². The van der Waals surface area contributed by atoms with Gasteiger partial charge in [0.15, 0.2) is 0 Å². The molecule has 1 aliphatic rings. The number of amides is 1. The third-order valence-corrected chi connectivity index (χ3v) is 7.40. The van der Waals surface area contributed by atoms with Gasteiger partial charge < -0.3 is 5.32 Å². The Bertz CT molecular complexity index is 1150. The second kappa shape index (κ2) is 10.0. The number of hydrogen-bond acceptors (Lipinski definition) is 5.